The van der Waals surface area contributed by atoms with Gasteiger partial charge in [0, 0.05) is 24.5 Å². The Morgan fingerprint density at radius 2 is 1.72 bits per heavy atom. The molecule has 0 aliphatic carbocycles. The number of aromatic nitrogens is 2. The first-order valence-electron chi connectivity index (χ1n) is 11.6. The van der Waals surface area contributed by atoms with Crippen molar-refractivity contribution in [2.75, 3.05) is 16.8 Å². The van der Waals surface area contributed by atoms with Gasteiger partial charge in [-0.25, -0.2) is 9.07 Å². The topological polar surface area (TPSA) is 59.1 Å². The molecular formula is C27H27F4N5. The van der Waals surface area contributed by atoms with E-state index in [0.717, 1.165) is 29.4 Å². The molecule has 0 atom stereocenters. The second-order valence-electron chi connectivity index (χ2n) is 8.31. The number of nitrogens with two attached hydrogens (primary N) is 1. The third-order valence-electron chi connectivity index (χ3n) is 5.70. The van der Waals surface area contributed by atoms with Gasteiger partial charge in [-0.3, -0.25) is 0 Å². The molecular weight excluding hydrogens is 470 g/mol. The minimum absolute atomic E-state index is 0.0740. The number of hydrogen-bond acceptors (Lipinski definition) is 4. The minimum Gasteiger partial charge on any atom is -0.377 e. The summed E-state index contributed by atoms with van der Waals surface area (Å²) in [6.45, 7) is 2.93. The molecule has 3 aromatic carbocycles. The zero-order valence-electron chi connectivity index (χ0n) is 19.8. The second kappa shape index (κ2) is 10.8. The number of benzene rings is 3. The lowest BCUT2D eigenvalue weighted by Gasteiger charge is -2.25. The van der Waals surface area contributed by atoms with Crippen LogP contribution in [0.1, 0.15) is 30.3 Å². The summed E-state index contributed by atoms with van der Waals surface area (Å²) >= 11 is 0. The Bertz CT molecular complexity index is 1300. The van der Waals surface area contributed by atoms with Gasteiger partial charge in [-0.2, -0.15) is 18.3 Å². The molecule has 1 aromatic heterocycles. The molecule has 0 amide bonds. The average molecular weight is 498 g/mol. The van der Waals surface area contributed by atoms with E-state index in [0.29, 0.717) is 12.2 Å². The fourth-order valence-corrected chi connectivity index (χ4v) is 3.96. The minimum atomic E-state index is -4.62. The monoisotopic (exact) mass is 497 g/mol. The number of rotatable bonds is 9. The summed E-state index contributed by atoms with van der Waals surface area (Å²) in [5, 5.41) is 6.75. The molecule has 3 N–H and O–H groups in total. The van der Waals surface area contributed by atoms with Crippen molar-refractivity contribution >= 4 is 17.1 Å². The molecule has 0 bridgehead atoms. The van der Waals surface area contributed by atoms with E-state index in [4.69, 9.17) is 5.73 Å². The van der Waals surface area contributed by atoms with Gasteiger partial charge in [0.1, 0.15) is 5.82 Å². The fourth-order valence-electron chi connectivity index (χ4n) is 3.96. The Morgan fingerprint density at radius 1 is 0.944 bits per heavy atom. The molecule has 0 radical (unpaired) electrons. The summed E-state index contributed by atoms with van der Waals surface area (Å²) in [7, 11) is 0. The lowest BCUT2D eigenvalue weighted by Crippen LogP contribution is -2.18. The van der Waals surface area contributed by atoms with Gasteiger partial charge in [-0.1, -0.05) is 37.3 Å². The summed E-state index contributed by atoms with van der Waals surface area (Å²) in [5.74, 6) is -0.504. The molecule has 9 heteroatoms. The maximum Gasteiger partial charge on any atom is 0.435 e. The first kappa shape index (κ1) is 25.2. The first-order valence-corrected chi connectivity index (χ1v) is 11.6. The number of para-hydroxylation sites is 1. The summed E-state index contributed by atoms with van der Waals surface area (Å²) in [4.78, 5) is 2.06. The maximum atomic E-state index is 14.7. The smallest absolute Gasteiger partial charge is 0.377 e. The molecule has 4 rings (SSSR count). The van der Waals surface area contributed by atoms with Crippen molar-refractivity contribution in [3.8, 4) is 5.69 Å². The van der Waals surface area contributed by atoms with Gasteiger partial charge in [-0.05, 0) is 60.5 Å². The van der Waals surface area contributed by atoms with Crippen LogP contribution < -0.4 is 16.0 Å². The SMILES string of the molecule is CCCN(c1ccccc1)c1ccc(F)c(NCc2cc(C(F)(F)F)nn2-c2cccc(CN)c2)c1. The largest absolute Gasteiger partial charge is 0.435 e. The van der Waals surface area contributed by atoms with Crippen LogP contribution >= 0.6 is 0 Å². The highest BCUT2D eigenvalue weighted by atomic mass is 19.4. The van der Waals surface area contributed by atoms with Crippen LogP contribution in [0.5, 0.6) is 0 Å². The number of hydrogen-bond donors (Lipinski definition) is 2. The number of alkyl halides is 3. The molecule has 1 heterocycles. The van der Waals surface area contributed by atoms with E-state index in [9.17, 15) is 17.6 Å². The lowest BCUT2D eigenvalue weighted by molar-refractivity contribution is -0.141. The van der Waals surface area contributed by atoms with Crippen molar-refractivity contribution in [1.82, 2.24) is 9.78 Å². The Morgan fingerprint density at radius 3 is 2.42 bits per heavy atom. The van der Waals surface area contributed by atoms with Crippen LogP contribution in [-0.2, 0) is 19.3 Å². The molecule has 0 fully saturated rings. The Hall–Kier alpha value is -3.85. The van der Waals surface area contributed by atoms with Gasteiger partial charge >= 0.3 is 6.18 Å². The highest BCUT2D eigenvalue weighted by Gasteiger charge is 2.35. The predicted octanol–water partition coefficient (Wildman–Crippen LogP) is 6.65. The molecule has 36 heavy (non-hydrogen) atoms. The van der Waals surface area contributed by atoms with Gasteiger partial charge in [0.05, 0.1) is 23.6 Å². The maximum absolute atomic E-state index is 14.7. The van der Waals surface area contributed by atoms with Gasteiger partial charge in [0.2, 0.25) is 0 Å². The summed E-state index contributed by atoms with van der Waals surface area (Å²) in [6, 6.07) is 22.2. The van der Waals surface area contributed by atoms with Gasteiger partial charge in [0.25, 0.3) is 0 Å². The zero-order valence-corrected chi connectivity index (χ0v) is 19.8. The molecule has 0 spiro atoms. The number of halogens is 4. The quantitative estimate of drug-likeness (QED) is 0.254. The summed E-state index contributed by atoms with van der Waals surface area (Å²) in [6.07, 6.45) is -3.75. The molecule has 0 aliphatic rings. The fraction of sp³-hybridized carbons (Fsp3) is 0.222. The standard InChI is InChI=1S/C27H27F4N5/c1-2-13-35(20-8-4-3-5-9-20)21-11-12-24(28)25(15-21)33-18-23-16-26(27(29,30)31)34-36(23)22-10-6-7-19(14-22)17-32/h3-12,14-16,33H,2,13,17-18,32H2,1H3. The predicted molar refractivity (Wildman–Crippen MR) is 134 cm³/mol. The normalized spacial score (nSPS) is 11.5. The highest BCUT2D eigenvalue weighted by molar-refractivity contribution is 5.67. The van der Waals surface area contributed by atoms with E-state index < -0.39 is 17.7 Å². The first-order chi connectivity index (χ1) is 17.3. The molecule has 0 aliphatic heterocycles. The molecule has 188 valence electrons. The van der Waals surface area contributed by atoms with Gasteiger partial charge in [-0.15, -0.1) is 0 Å². The van der Waals surface area contributed by atoms with E-state index in [1.807, 2.05) is 30.3 Å². The zero-order chi connectivity index (χ0) is 25.7. The molecule has 0 saturated heterocycles. The van der Waals surface area contributed by atoms with Crippen molar-refractivity contribution in [2.24, 2.45) is 5.73 Å². The van der Waals surface area contributed by atoms with Crippen LogP contribution in [0.15, 0.2) is 78.9 Å². The van der Waals surface area contributed by atoms with Gasteiger partial charge < -0.3 is 16.0 Å². The molecule has 5 nitrogen and oxygen atoms in total. The van der Waals surface area contributed by atoms with Crippen LogP contribution in [0, 0.1) is 5.82 Å². The summed E-state index contributed by atoms with van der Waals surface area (Å²) < 4.78 is 56.3. The van der Waals surface area contributed by atoms with Crippen LogP contribution in [-0.4, -0.2) is 16.3 Å². The number of nitrogens with one attached hydrogen (secondary N) is 1. The number of nitrogens with zero attached hydrogens (tertiary/aromatic N) is 3. The van der Waals surface area contributed by atoms with Crippen molar-refractivity contribution in [3.63, 3.8) is 0 Å². The van der Waals surface area contributed by atoms with Crippen LogP contribution in [0.2, 0.25) is 0 Å². The van der Waals surface area contributed by atoms with Crippen molar-refractivity contribution in [3.05, 3.63) is 102 Å². The average Bonchev–Trinajstić information content (AvgIpc) is 3.32. The third kappa shape index (κ3) is 5.68. The Balaban J connectivity index is 1.65. The van der Waals surface area contributed by atoms with E-state index >= 15 is 0 Å². The Kier molecular flexibility index (Phi) is 7.59. The third-order valence-corrected chi connectivity index (χ3v) is 5.70. The van der Waals surface area contributed by atoms with Gasteiger partial charge in [0.15, 0.2) is 5.69 Å². The Labute approximate surface area is 207 Å². The molecule has 0 unspecified atom stereocenters. The van der Waals surface area contributed by atoms with Crippen LogP contribution in [0.4, 0.5) is 34.6 Å². The van der Waals surface area contributed by atoms with Crippen molar-refractivity contribution in [1.29, 1.82) is 0 Å². The van der Waals surface area contributed by atoms with Crippen LogP contribution in [0.3, 0.4) is 0 Å². The van der Waals surface area contributed by atoms with E-state index in [2.05, 4.69) is 22.2 Å². The summed E-state index contributed by atoms with van der Waals surface area (Å²) in [5.41, 5.74) is 8.02. The number of anilines is 3. The highest BCUT2D eigenvalue weighted by Crippen LogP contribution is 2.32. The van der Waals surface area contributed by atoms with E-state index in [-0.39, 0.29) is 24.5 Å². The second-order valence-corrected chi connectivity index (χ2v) is 8.31. The van der Waals surface area contributed by atoms with E-state index in [1.165, 1.54) is 10.7 Å². The van der Waals surface area contributed by atoms with E-state index in [1.54, 1.807) is 36.4 Å². The van der Waals surface area contributed by atoms with Crippen LogP contribution in [0.25, 0.3) is 5.69 Å². The molecule has 0 saturated carbocycles. The van der Waals surface area contributed by atoms with Crippen molar-refractivity contribution in [2.45, 2.75) is 32.6 Å². The molecule has 4 aromatic rings. The lowest BCUT2D eigenvalue weighted by atomic mass is 10.2. The van der Waals surface area contributed by atoms with Crippen molar-refractivity contribution < 1.29 is 17.6 Å².